The number of halogens is 2. The highest BCUT2D eigenvalue weighted by Crippen LogP contribution is 2.32. The molecule has 0 unspecified atom stereocenters. The van der Waals surface area contributed by atoms with Gasteiger partial charge in [0.2, 0.25) is 5.91 Å². The summed E-state index contributed by atoms with van der Waals surface area (Å²) in [5, 5.41) is 17.3. The number of nitrogens with zero attached hydrogens (tertiary/aromatic N) is 2. The van der Waals surface area contributed by atoms with E-state index in [9.17, 15) is 9.90 Å². The van der Waals surface area contributed by atoms with Gasteiger partial charge in [-0.2, -0.15) is 0 Å². The summed E-state index contributed by atoms with van der Waals surface area (Å²) in [4.78, 5) is 16.4. The molecule has 2 aliphatic heterocycles. The second-order valence-corrected chi connectivity index (χ2v) is 8.12. The fraction of sp³-hybridized carbons (Fsp3) is 0.409. The van der Waals surface area contributed by atoms with Crippen molar-refractivity contribution in [3.8, 4) is 0 Å². The molecule has 6 nitrogen and oxygen atoms in total. The lowest BCUT2D eigenvalue weighted by Crippen LogP contribution is -2.49. The number of carbonyl (C=O) groups excluding carboxylic acids is 1. The second kappa shape index (κ2) is 10.4. The van der Waals surface area contributed by atoms with Crippen LogP contribution in [0.5, 0.6) is 0 Å². The highest BCUT2D eigenvalue weighted by Gasteiger charge is 2.24. The van der Waals surface area contributed by atoms with Gasteiger partial charge in [0.1, 0.15) is 0 Å². The highest BCUT2D eigenvalue weighted by atomic mass is 35.5. The molecule has 0 aliphatic carbocycles. The molecular formula is C22H28Cl2N4O2. The van der Waals surface area contributed by atoms with Crippen molar-refractivity contribution in [2.24, 2.45) is 0 Å². The average Bonchev–Trinajstić information content (AvgIpc) is 2.73. The number of amides is 1. The van der Waals surface area contributed by atoms with Crippen LogP contribution in [0.25, 0.3) is 0 Å². The maximum Gasteiger partial charge on any atom is 0.224 e. The van der Waals surface area contributed by atoms with Gasteiger partial charge in [-0.25, -0.2) is 0 Å². The molecule has 1 atom stereocenters. The van der Waals surface area contributed by atoms with Gasteiger partial charge in [0.15, 0.2) is 0 Å². The van der Waals surface area contributed by atoms with Crippen LogP contribution in [0.2, 0.25) is 5.02 Å². The number of rotatable bonds is 6. The Morgan fingerprint density at radius 3 is 2.53 bits per heavy atom. The van der Waals surface area contributed by atoms with E-state index < -0.39 is 6.10 Å². The summed E-state index contributed by atoms with van der Waals surface area (Å²) < 4.78 is 0. The molecule has 2 heterocycles. The summed E-state index contributed by atoms with van der Waals surface area (Å²) in [6.45, 7) is 4.82. The van der Waals surface area contributed by atoms with Crippen molar-refractivity contribution in [2.45, 2.75) is 18.9 Å². The molecule has 1 amide bonds. The first kappa shape index (κ1) is 22.7. The lowest BCUT2D eigenvalue weighted by molar-refractivity contribution is -0.116. The molecule has 0 bridgehead atoms. The average molecular weight is 451 g/mol. The highest BCUT2D eigenvalue weighted by molar-refractivity contribution is 6.30. The number of fused-ring (bicyclic) bond motifs is 1. The van der Waals surface area contributed by atoms with Gasteiger partial charge in [-0.15, -0.1) is 12.4 Å². The van der Waals surface area contributed by atoms with Gasteiger partial charge in [0, 0.05) is 67.8 Å². The standard InChI is InChI=1S/C22H27ClN4O2.ClH/c23-16-4-6-17(7-5-16)24-14-18(28)15-26-10-12-27(13-11-26)21-3-1-2-20-19(21)8-9-22(29)25-20;/h1-7,18,24,28H,8-15H2,(H,25,29);1H/t18-;/m0./s1. The van der Waals surface area contributed by atoms with E-state index in [4.69, 9.17) is 11.6 Å². The Morgan fingerprint density at radius 1 is 1.07 bits per heavy atom. The van der Waals surface area contributed by atoms with Gasteiger partial charge in [-0.3, -0.25) is 9.69 Å². The number of benzene rings is 2. The Kier molecular flexibility index (Phi) is 7.83. The molecule has 4 rings (SSSR count). The molecular weight excluding hydrogens is 423 g/mol. The van der Waals surface area contributed by atoms with Crippen molar-refractivity contribution >= 4 is 47.0 Å². The summed E-state index contributed by atoms with van der Waals surface area (Å²) in [7, 11) is 0. The van der Waals surface area contributed by atoms with E-state index >= 15 is 0 Å². The minimum absolute atomic E-state index is 0. The van der Waals surface area contributed by atoms with Crippen molar-refractivity contribution in [3.05, 3.63) is 53.1 Å². The van der Waals surface area contributed by atoms with Gasteiger partial charge in [-0.1, -0.05) is 17.7 Å². The van der Waals surface area contributed by atoms with Crippen molar-refractivity contribution in [3.63, 3.8) is 0 Å². The molecule has 8 heteroatoms. The Morgan fingerprint density at radius 2 is 1.80 bits per heavy atom. The van der Waals surface area contributed by atoms with Crippen LogP contribution in [0.15, 0.2) is 42.5 Å². The molecule has 0 saturated carbocycles. The van der Waals surface area contributed by atoms with E-state index in [1.807, 2.05) is 36.4 Å². The van der Waals surface area contributed by atoms with E-state index in [1.54, 1.807) is 0 Å². The zero-order valence-electron chi connectivity index (χ0n) is 16.8. The molecule has 1 fully saturated rings. The van der Waals surface area contributed by atoms with Crippen molar-refractivity contribution < 1.29 is 9.90 Å². The molecule has 162 valence electrons. The maximum atomic E-state index is 11.7. The Labute approximate surface area is 188 Å². The molecule has 2 aromatic carbocycles. The third-order valence-electron chi connectivity index (χ3n) is 5.60. The van der Waals surface area contributed by atoms with Crippen LogP contribution in [-0.2, 0) is 11.2 Å². The first-order chi connectivity index (χ1) is 14.1. The Hall–Kier alpha value is -1.99. The smallest absolute Gasteiger partial charge is 0.224 e. The quantitative estimate of drug-likeness (QED) is 0.630. The number of hydrogen-bond acceptors (Lipinski definition) is 5. The normalized spacial score (nSPS) is 17.5. The molecule has 1 saturated heterocycles. The Bertz CT molecular complexity index is 855. The van der Waals surface area contributed by atoms with Crippen LogP contribution in [-0.4, -0.2) is 61.3 Å². The fourth-order valence-corrected chi connectivity index (χ4v) is 4.17. The largest absolute Gasteiger partial charge is 0.390 e. The first-order valence-electron chi connectivity index (χ1n) is 10.1. The zero-order chi connectivity index (χ0) is 20.2. The molecule has 0 aromatic heterocycles. The molecule has 0 radical (unpaired) electrons. The molecule has 2 aliphatic rings. The van der Waals surface area contributed by atoms with Crippen molar-refractivity contribution in [1.82, 2.24) is 4.90 Å². The summed E-state index contributed by atoms with van der Waals surface area (Å²) in [6, 6.07) is 13.6. The zero-order valence-corrected chi connectivity index (χ0v) is 18.4. The SMILES string of the molecule is Cl.O=C1CCc2c(cccc2N2CCN(C[C@@H](O)CNc3ccc(Cl)cc3)CC2)N1. The third-order valence-corrected chi connectivity index (χ3v) is 5.85. The predicted octanol–water partition coefficient (Wildman–Crippen LogP) is 3.24. The monoisotopic (exact) mass is 450 g/mol. The van der Waals surface area contributed by atoms with Crippen molar-refractivity contribution in [2.75, 3.05) is 54.8 Å². The molecule has 3 N–H and O–H groups in total. The number of piperazine rings is 1. The van der Waals surface area contributed by atoms with Crippen LogP contribution in [0.4, 0.5) is 17.1 Å². The van der Waals surface area contributed by atoms with E-state index in [0.29, 0.717) is 24.5 Å². The number of nitrogens with one attached hydrogen (secondary N) is 2. The van der Waals surface area contributed by atoms with Crippen LogP contribution >= 0.6 is 24.0 Å². The van der Waals surface area contributed by atoms with Gasteiger partial charge in [-0.05, 0) is 48.4 Å². The van der Waals surface area contributed by atoms with E-state index in [0.717, 1.165) is 44.0 Å². The van der Waals surface area contributed by atoms with Gasteiger partial charge in [0.05, 0.1) is 6.10 Å². The van der Waals surface area contributed by atoms with Crippen molar-refractivity contribution in [1.29, 1.82) is 0 Å². The number of anilines is 3. The summed E-state index contributed by atoms with van der Waals surface area (Å²) >= 11 is 5.90. The molecule has 0 spiro atoms. The third kappa shape index (κ3) is 5.58. The summed E-state index contributed by atoms with van der Waals surface area (Å²) in [6.07, 6.45) is 0.917. The van der Waals surface area contributed by atoms with E-state index in [1.165, 1.54) is 11.3 Å². The van der Waals surface area contributed by atoms with Crippen LogP contribution in [0, 0.1) is 0 Å². The topological polar surface area (TPSA) is 67.8 Å². The van der Waals surface area contributed by atoms with Gasteiger partial charge in [0.25, 0.3) is 0 Å². The minimum atomic E-state index is -0.433. The summed E-state index contributed by atoms with van der Waals surface area (Å²) in [5.74, 6) is 0.0978. The lowest BCUT2D eigenvalue weighted by Gasteiger charge is -2.38. The van der Waals surface area contributed by atoms with E-state index in [2.05, 4.69) is 26.5 Å². The number of aliphatic hydroxyl groups excluding tert-OH is 1. The summed E-state index contributed by atoms with van der Waals surface area (Å²) in [5.41, 5.74) is 4.38. The second-order valence-electron chi connectivity index (χ2n) is 7.68. The van der Waals surface area contributed by atoms with E-state index in [-0.39, 0.29) is 18.3 Å². The van der Waals surface area contributed by atoms with Gasteiger partial charge < -0.3 is 20.6 Å². The van der Waals surface area contributed by atoms with Gasteiger partial charge >= 0.3 is 0 Å². The molecule has 2 aromatic rings. The molecule has 30 heavy (non-hydrogen) atoms. The lowest BCUT2D eigenvalue weighted by atomic mass is 10.00. The predicted molar refractivity (Wildman–Crippen MR) is 125 cm³/mol. The van der Waals surface area contributed by atoms with Crippen LogP contribution in [0.3, 0.4) is 0 Å². The number of β-amino-alcohol motifs (C(OH)–C–C–N with tert-alkyl or cyclic N) is 1. The Balaban J connectivity index is 0.00000256. The number of carbonyl (C=O) groups is 1. The maximum absolute atomic E-state index is 11.7. The van der Waals surface area contributed by atoms with Crippen LogP contribution in [0.1, 0.15) is 12.0 Å². The first-order valence-corrected chi connectivity index (χ1v) is 10.5. The number of aliphatic hydroxyl groups is 1. The minimum Gasteiger partial charge on any atom is -0.390 e. The van der Waals surface area contributed by atoms with Crippen LogP contribution < -0.4 is 15.5 Å². The fourth-order valence-electron chi connectivity index (χ4n) is 4.04. The number of hydrogen-bond donors (Lipinski definition) is 3.